The molecule has 1 rings (SSSR count). The Kier molecular flexibility index (Phi) is 4.19. The maximum Gasteiger partial charge on any atom is 0.410 e. The minimum Gasteiger partial charge on any atom is -0.444 e. The third-order valence-corrected chi connectivity index (χ3v) is 2.21. The van der Waals surface area contributed by atoms with E-state index in [0.29, 0.717) is 26.2 Å². The molecule has 4 heteroatoms. The van der Waals surface area contributed by atoms with Crippen molar-refractivity contribution < 1.29 is 14.3 Å². The molecular formula is C12H19NO3. The lowest BCUT2D eigenvalue weighted by Crippen LogP contribution is -2.50. The SMILES string of the molecule is C#CC[C@H]1COCCN1C(=O)OC(C)(C)C. The van der Waals surface area contributed by atoms with Crippen molar-refractivity contribution >= 4 is 6.09 Å². The van der Waals surface area contributed by atoms with E-state index >= 15 is 0 Å². The first kappa shape index (κ1) is 12.9. The van der Waals surface area contributed by atoms with Crippen LogP contribution in [0.4, 0.5) is 4.79 Å². The van der Waals surface area contributed by atoms with Crippen LogP contribution in [0.3, 0.4) is 0 Å². The zero-order chi connectivity index (χ0) is 12.2. The highest BCUT2D eigenvalue weighted by Gasteiger charge is 2.30. The average molecular weight is 225 g/mol. The van der Waals surface area contributed by atoms with E-state index in [4.69, 9.17) is 15.9 Å². The van der Waals surface area contributed by atoms with Gasteiger partial charge in [0.2, 0.25) is 0 Å². The summed E-state index contributed by atoms with van der Waals surface area (Å²) in [6, 6.07) is -0.0615. The first-order chi connectivity index (χ1) is 7.44. The van der Waals surface area contributed by atoms with Crippen molar-refractivity contribution in [3.8, 4) is 12.3 Å². The highest BCUT2D eigenvalue weighted by atomic mass is 16.6. The van der Waals surface area contributed by atoms with Gasteiger partial charge in [-0.05, 0) is 20.8 Å². The molecule has 0 aromatic rings. The largest absolute Gasteiger partial charge is 0.444 e. The standard InChI is InChI=1S/C12H19NO3/c1-5-6-10-9-15-8-7-13(10)11(14)16-12(2,3)4/h1,10H,6-9H2,2-4H3/t10-/m0/s1. The average Bonchev–Trinajstić information content (AvgIpc) is 2.16. The molecule has 1 saturated heterocycles. The Morgan fingerprint density at radius 3 is 2.88 bits per heavy atom. The van der Waals surface area contributed by atoms with Gasteiger partial charge in [-0.2, -0.15) is 0 Å². The van der Waals surface area contributed by atoms with Gasteiger partial charge in [-0.3, -0.25) is 4.90 Å². The van der Waals surface area contributed by atoms with E-state index in [0.717, 1.165) is 0 Å². The topological polar surface area (TPSA) is 38.8 Å². The summed E-state index contributed by atoms with van der Waals surface area (Å²) in [4.78, 5) is 13.5. The van der Waals surface area contributed by atoms with Gasteiger partial charge in [0, 0.05) is 13.0 Å². The van der Waals surface area contributed by atoms with E-state index in [2.05, 4.69) is 5.92 Å². The number of rotatable bonds is 1. The van der Waals surface area contributed by atoms with Crippen LogP contribution in [0.5, 0.6) is 0 Å². The molecule has 1 amide bonds. The Morgan fingerprint density at radius 1 is 1.62 bits per heavy atom. The molecular weight excluding hydrogens is 206 g/mol. The number of amides is 1. The van der Waals surface area contributed by atoms with Crippen molar-refractivity contribution in [1.29, 1.82) is 0 Å². The maximum atomic E-state index is 11.9. The second-order valence-corrected chi connectivity index (χ2v) is 4.81. The molecule has 0 radical (unpaired) electrons. The number of carbonyl (C=O) groups is 1. The van der Waals surface area contributed by atoms with Crippen molar-refractivity contribution in [2.45, 2.75) is 38.8 Å². The first-order valence-electron chi connectivity index (χ1n) is 5.45. The van der Waals surface area contributed by atoms with Crippen LogP contribution in [0, 0.1) is 12.3 Å². The molecule has 1 fully saturated rings. The molecule has 0 aliphatic carbocycles. The Hall–Kier alpha value is -1.21. The van der Waals surface area contributed by atoms with Gasteiger partial charge in [0.1, 0.15) is 5.60 Å². The molecule has 1 aliphatic heterocycles. The second kappa shape index (κ2) is 5.22. The van der Waals surface area contributed by atoms with Gasteiger partial charge in [0.15, 0.2) is 0 Å². The van der Waals surface area contributed by atoms with Gasteiger partial charge >= 0.3 is 6.09 Å². The van der Waals surface area contributed by atoms with Crippen molar-refractivity contribution in [1.82, 2.24) is 4.90 Å². The van der Waals surface area contributed by atoms with Gasteiger partial charge in [0.25, 0.3) is 0 Å². The molecule has 0 aromatic carbocycles. The van der Waals surface area contributed by atoms with Crippen LogP contribution in [0.1, 0.15) is 27.2 Å². The number of nitrogens with zero attached hydrogens (tertiary/aromatic N) is 1. The van der Waals surface area contributed by atoms with Crippen LogP contribution in [-0.2, 0) is 9.47 Å². The molecule has 1 heterocycles. The van der Waals surface area contributed by atoms with Gasteiger partial charge in [-0.25, -0.2) is 4.79 Å². The summed E-state index contributed by atoms with van der Waals surface area (Å²) in [5.41, 5.74) is -0.476. The second-order valence-electron chi connectivity index (χ2n) is 4.81. The van der Waals surface area contributed by atoms with E-state index in [1.165, 1.54) is 0 Å². The summed E-state index contributed by atoms with van der Waals surface area (Å²) in [7, 11) is 0. The predicted octanol–water partition coefficient (Wildman–Crippen LogP) is 1.65. The normalized spacial score (nSPS) is 21.4. The summed E-state index contributed by atoms with van der Waals surface area (Å²) in [6.07, 6.45) is 5.45. The van der Waals surface area contributed by atoms with Crippen LogP contribution in [0.2, 0.25) is 0 Å². The van der Waals surface area contributed by atoms with E-state index in [9.17, 15) is 4.79 Å². The van der Waals surface area contributed by atoms with Gasteiger partial charge in [-0.15, -0.1) is 12.3 Å². The van der Waals surface area contributed by atoms with Crippen LogP contribution < -0.4 is 0 Å². The third kappa shape index (κ3) is 3.74. The minimum absolute atomic E-state index is 0.0615. The number of ether oxygens (including phenoxy) is 2. The molecule has 16 heavy (non-hydrogen) atoms. The Balaban J connectivity index is 2.61. The summed E-state index contributed by atoms with van der Waals surface area (Å²) in [5, 5.41) is 0. The smallest absolute Gasteiger partial charge is 0.410 e. The zero-order valence-electron chi connectivity index (χ0n) is 10.2. The fraction of sp³-hybridized carbons (Fsp3) is 0.750. The molecule has 0 N–H and O–H groups in total. The molecule has 0 spiro atoms. The monoisotopic (exact) mass is 225 g/mol. The quantitative estimate of drug-likeness (QED) is 0.637. The van der Waals surface area contributed by atoms with Crippen LogP contribution >= 0.6 is 0 Å². The lowest BCUT2D eigenvalue weighted by Gasteiger charge is -2.35. The van der Waals surface area contributed by atoms with E-state index in [1.54, 1.807) is 4.90 Å². The van der Waals surface area contributed by atoms with Crippen LogP contribution in [0.25, 0.3) is 0 Å². The van der Waals surface area contributed by atoms with Crippen LogP contribution in [-0.4, -0.2) is 42.4 Å². The number of hydrogen-bond acceptors (Lipinski definition) is 3. The van der Waals surface area contributed by atoms with Gasteiger partial charge in [-0.1, -0.05) is 0 Å². The lowest BCUT2D eigenvalue weighted by molar-refractivity contribution is -0.0309. The fourth-order valence-corrected chi connectivity index (χ4v) is 1.52. The lowest BCUT2D eigenvalue weighted by atomic mass is 10.1. The summed E-state index contributed by atoms with van der Waals surface area (Å²) < 4.78 is 10.6. The van der Waals surface area contributed by atoms with E-state index < -0.39 is 5.60 Å². The maximum absolute atomic E-state index is 11.9. The van der Waals surface area contributed by atoms with E-state index in [1.807, 2.05) is 20.8 Å². The summed E-state index contributed by atoms with van der Waals surface area (Å²) in [6.45, 7) is 7.12. The number of hydrogen-bond donors (Lipinski definition) is 0. The highest BCUT2D eigenvalue weighted by Crippen LogP contribution is 2.15. The summed E-state index contributed by atoms with van der Waals surface area (Å²) in [5.74, 6) is 2.56. The third-order valence-electron chi connectivity index (χ3n) is 2.21. The molecule has 90 valence electrons. The van der Waals surface area contributed by atoms with Crippen molar-refractivity contribution in [2.75, 3.05) is 19.8 Å². The summed E-state index contributed by atoms with van der Waals surface area (Å²) >= 11 is 0. The van der Waals surface area contributed by atoms with E-state index in [-0.39, 0.29) is 12.1 Å². The van der Waals surface area contributed by atoms with Crippen LogP contribution in [0.15, 0.2) is 0 Å². The van der Waals surface area contributed by atoms with Crippen molar-refractivity contribution in [3.05, 3.63) is 0 Å². The Bertz CT molecular complexity index is 288. The van der Waals surface area contributed by atoms with Gasteiger partial charge < -0.3 is 9.47 Å². The Labute approximate surface area is 96.9 Å². The molecule has 1 aliphatic rings. The molecule has 0 bridgehead atoms. The molecule has 0 aromatic heterocycles. The highest BCUT2D eigenvalue weighted by molar-refractivity contribution is 5.68. The first-order valence-corrected chi connectivity index (χ1v) is 5.45. The molecule has 1 atom stereocenters. The number of carbonyl (C=O) groups excluding carboxylic acids is 1. The molecule has 4 nitrogen and oxygen atoms in total. The minimum atomic E-state index is -0.476. The Morgan fingerprint density at radius 2 is 2.31 bits per heavy atom. The van der Waals surface area contributed by atoms with Crippen molar-refractivity contribution in [2.24, 2.45) is 0 Å². The fourth-order valence-electron chi connectivity index (χ4n) is 1.52. The number of morpholine rings is 1. The molecule has 0 saturated carbocycles. The van der Waals surface area contributed by atoms with Crippen molar-refractivity contribution in [3.63, 3.8) is 0 Å². The number of terminal acetylenes is 1. The predicted molar refractivity (Wildman–Crippen MR) is 61.0 cm³/mol. The molecule has 0 unspecified atom stereocenters. The zero-order valence-corrected chi connectivity index (χ0v) is 10.2. The van der Waals surface area contributed by atoms with Gasteiger partial charge in [0.05, 0.1) is 19.3 Å².